The Bertz CT molecular complexity index is 154. The molecule has 0 spiro atoms. The van der Waals surface area contributed by atoms with Gasteiger partial charge in [-0.3, -0.25) is 0 Å². The van der Waals surface area contributed by atoms with E-state index in [1.54, 1.807) is 13.8 Å². The maximum atomic E-state index is 10.7. The zero-order valence-electron chi connectivity index (χ0n) is 7.47. The second-order valence-corrected chi connectivity index (χ2v) is 3.59. The fraction of sp³-hybridized carbons (Fsp3) is 1.00. The highest BCUT2D eigenvalue weighted by Gasteiger charge is 2.25. The lowest BCUT2D eigenvalue weighted by atomic mass is 10.9. The first-order valence-corrected chi connectivity index (χ1v) is 5.86. The van der Waals surface area contributed by atoms with E-state index in [1.807, 2.05) is 0 Å². The van der Waals surface area contributed by atoms with Crippen LogP contribution in [0.1, 0.15) is 13.8 Å². The van der Waals surface area contributed by atoms with Crippen LogP contribution in [0.25, 0.3) is 0 Å². The van der Waals surface area contributed by atoms with Crippen molar-refractivity contribution in [2.45, 2.75) is 13.8 Å². The zero-order chi connectivity index (χ0) is 10.1. The summed E-state index contributed by atoms with van der Waals surface area (Å²) in [6.07, 6.45) is 0. The summed E-state index contributed by atoms with van der Waals surface area (Å²) < 4.78 is 39.5. The lowest BCUT2D eigenvalue weighted by Crippen LogP contribution is -1.91. The van der Waals surface area contributed by atoms with E-state index in [1.165, 1.54) is 0 Å². The van der Waals surface area contributed by atoms with Gasteiger partial charge in [-0.2, -0.15) is 0 Å². The molecule has 0 N–H and O–H groups in total. The second kappa shape index (κ2) is 8.63. The molecule has 0 aliphatic carbocycles. The van der Waals surface area contributed by atoms with Crippen molar-refractivity contribution in [2.75, 3.05) is 20.0 Å². The molecule has 2 atom stereocenters. The van der Waals surface area contributed by atoms with Gasteiger partial charge in [-0.15, -0.1) is 9.05 Å². The number of rotatable bonds is 8. The molecule has 0 amide bonds. The second-order valence-electron chi connectivity index (χ2n) is 1.66. The summed E-state index contributed by atoms with van der Waals surface area (Å²) in [5.41, 5.74) is 0. The summed E-state index contributed by atoms with van der Waals surface area (Å²) in [6.45, 7) is 3.56. The van der Waals surface area contributed by atoms with E-state index in [2.05, 4.69) is 18.1 Å². The van der Waals surface area contributed by atoms with E-state index in [0.29, 0.717) is 0 Å². The minimum Gasteiger partial charge on any atom is -0.119 e. The normalized spacial score (nSPS) is 12.8. The minimum atomic E-state index is -2.18. The first-order valence-electron chi connectivity index (χ1n) is 3.66. The Morgan fingerprint density at radius 3 is 1.54 bits per heavy atom. The van der Waals surface area contributed by atoms with E-state index in [0.717, 1.165) is 0 Å². The molecule has 6 nitrogen and oxygen atoms in total. The van der Waals surface area contributed by atoms with Gasteiger partial charge in [0.05, 0.1) is 0 Å². The minimum absolute atomic E-state index is 0.285. The van der Waals surface area contributed by atoms with Gasteiger partial charge in [0, 0.05) is 9.13 Å². The molecule has 76 valence electrons. The summed E-state index contributed by atoms with van der Waals surface area (Å²) in [6, 6.07) is 0. The van der Waals surface area contributed by atoms with Crippen LogP contribution in [0.2, 0.25) is 0 Å². The Kier molecular flexibility index (Phi) is 8.66. The zero-order valence-corrected chi connectivity index (χ0v) is 9.25. The Labute approximate surface area is 78.4 Å². The maximum absolute atomic E-state index is 10.7. The molecule has 13 heavy (non-hydrogen) atoms. The average molecular weight is 230 g/mol. The Morgan fingerprint density at radius 1 is 0.846 bits per heavy atom. The fourth-order valence-electron chi connectivity index (χ4n) is 0.395. The first-order chi connectivity index (χ1) is 6.20. The fourth-order valence-corrected chi connectivity index (χ4v) is 1.33. The summed E-state index contributed by atoms with van der Waals surface area (Å²) in [7, 11) is -4.36. The highest BCUT2D eigenvalue weighted by Crippen LogP contribution is 2.28. The molecule has 0 aromatic carbocycles. The van der Waals surface area contributed by atoms with Gasteiger partial charge in [-0.05, 0) is 13.8 Å². The van der Waals surface area contributed by atoms with Crippen LogP contribution in [-0.4, -0.2) is 20.0 Å². The Balaban J connectivity index is 3.33. The van der Waals surface area contributed by atoms with Crippen LogP contribution < -0.4 is 0 Å². The van der Waals surface area contributed by atoms with Crippen LogP contribution in [0.4, 0.5) is 0 Å². The maximum Gasteiger partial charge on any atom is 0.699 e. The predicted octanol–water partition coefficient (Wildman–Crippen LogP) is 2.36. The molecule has 0 heterocycles. The van der Waals surface area contributed by atoms with Gasteiger partial charge in [0.1, 0.15) is 13.2 Å². The van der Waals surface area contributed by atoms with E-state index in [9.17, 15) is 9.13 Å². The molecular weight excluding hydrogens is 218 g/mol. The molecule has 2 unspecified atom stereocenters. The van der Waals surface area contributed by atoms with Crippen LogP contribution in [0.15, 0.2) is 0 Å². The van der Waals surface area contributed by atoms with Gasteiger partial charge in [0.2, 0.25) is 0 Å². The molecule has 0 radical (unpaired) electrons. The SMILES string of the molecule is CCO[P+](=O)OCO[P+](=O)OCC. The molecule has 0 aromatic heterocycles. The molecule has 0 rings (SSSR count). The van der Waals surface area contributed by atoms with Crippen molar-refractivity contribution in [1.29, 1.82) is 0 Å². The van der Waals surface area contributed by atoms with Crippen molar-refractivity contribution in [3.05, 3.63) is 0 Å². The topological polar surface area (TPSA) is 71.1 Å². The predicted molar refractivity (Wildman–Crippen MR) is 45.5 cm³/mol. The average Bonchev–Trinajstić information content (AvgIpc) is 2.05. The Morgan fingerprint density at radius 2 is 1.23 bits per heavy atom. The Hall–Kier alpha value is 0.0400. The van der Waals surface area contributed by atoms with E-state index < -0.39 is 16.5 Å². The number of hydrogen-bond donors (Lipinski definition) is 0. The van der Waals surface area contributed by atoms with Gasteiger partial charge in [-0.1, -0.05) is 9.05 Å². The highest BCUT2D eigenvalue weighted by atomic mass is 31.1. The third-order valence-corrected chi connectivity index (χ3v) is 2.36. The standard InChI is InChI=1S/C5H12O6P2/c1-3-8-12(6)10-5-11-13(7)9-4-2/h3-5H2,1-2H3/q+2. The van der Waals surface area contributed by atoms with Crippen LogP contribution in [-0.2, 0) is 27.2 Å². The summed E-state index contributed by atoms with van der Waals surface area (Å²) in [5.74, 6) is 0. The van der Waals surface area contributed by atoms with E-state index in [-0.39, 0.29) is 20.0 Å². The highest BCUT2D eigenvalue weighted by molar-refractivity contribution is 7.34. The van der Waals surface area contributed by atoms with E-state index in [4.69, 9.17) is 0 Å². The molecule has 0 saturated carbocycles. The third kappa shape index (κ3) is 8.37. The quantitative estimate of drug-likeness (QED) is 0.470. The monoisotopic (exact) mass is 230 g/mol. The number of hydrogen-bond acceptors (Lipinski definition) is 6. The molecule has 0 aliphatic rings. The van der Waals surface area contributed by atoms with Crippen LogP contribution in [0, 0.1) is 0 Å². The summed E-state index contributed by atoms with van der Waals surface area (Å²) in [4.78, 5) is 0. The van der Waals surface area contributed by atoms with Crippen molar-refractivity contribution < 1.29 is 27.2 Å². The molecule has 0 bridgehead atoms. The smallest absolute Gasteiger partial charge is 0.119 e. The van der Waals surface area contributed by atoms with Crippen molar-refractivity contribution >= 4 is 16.5 Å². The molecule has 0 aromatic rings. The van der Waals surface area contributed by atoms with Crippen LogP contribution in [0.5, 0.6) is 0 Å². The van der Waals surface area contributed by atoms with Gasteiger partial charge < -0.3 is 0 Å². The van der Waals surface area contributed by atoms with Crippen LogP contribution >= 0.6 is 16.5 Å². The largest absolute Gasteiger partial charge is 0.699 e. The third-order valence-electron chi connectivity index (χ3n) is 0.785. The van der Waals surface area contributed by atoms with Gasteiger partial charge in [0.15, 0.2) is 0 Å². The summed E-state index contributed by atoms with van der Waals surface area (Å²) in [5, 5.41) is 0. The van der Waals surface area contributed by atoms with Crippen molar-refractivity contribution in [2.24, 2.45) is 0 Å². The van der Waals surface area contributed by atoms with Crippen molar-refractivity contribution in [1.82, 2.24) is 0 Å². The molecular formula is C5H12O6P2+2. The van der Waals surface area contributed by atoms with Crippen LogP contribution in [0.3, 0.4) is 0 Å². The molecule has 8 heteroatoms. The molecule has 0 fully saturated rings. The van der Waals surface area contributed by atoms with Crippen molar-refractivity contribution in [3.63, 3.8) is 0 Å². The molecule has 0 aliphatic heterocycles. The lowest BCUT2D eigenvalue weighted by Gasteiger charge is -1.83. The summed E-state index contributed by atoms with van der Waals surface area (Å²) >= 11 is 0. The van der Waals surface area contributed by atoms with Gasteiger partial charge in [-0.25, -0.2) is 0 Å². The van der Waals surface area contributed by atoms with Gasteiger partial charge in [0.25, 0.3) is 6.79 Å². The van der Waals surface area contributed by atoms with E-state index >= 15 is 0 Å². The molecule has 0 saturated heterocycles. The first kappa shape index (κ1) is 13.0. The van der Waals surface area contributed by atoms with Gasteiger partial charge >= 0.3 is 16.5 Å². The van der Waals surface area contributed by atoms with Crippen molar-refractivity contribution in [3.8, 4) is 0 Å². The lowest BCUT2D eigenvalue weighted by molar-refractivity contribution is 0.0944.